The Morgan fingerprint density at radius 2 is 1.36 bits per heavy atom. The Bertz CT molecular complexity index is 1920. The molecule has 0 bridgehead atoms. The molecule has 0 aliphatic rings. The van der Waals surface area contributed by atoms with Crippen molar-refractivity contribution in [2.45, 2.75) is 26.2 Å². The van der Waals surface area contributed by atoms with Gasteiger partial charge in [0.2, 0.25) is 0 Å². The first kappa shape index (κ1) is 21.3. The maximum atomic E-state index is 5.21. The van der Waals surface area contributed by atoms with Gasteiger partial charge in [-0.05, 0) is 42.5 Å². The van der Waals surface area contributed by atoms with E-state index in [1.165, 1.54) is 37.3 Å². The molecule has 174 valence electrons. The summed E-state index contributed by atoms with van der Waals surface area (Å²) in [7, 11) is 0. The second-order valence-corrected chi connectivity index (χ2v) is 11.4. The highest BCUT2D eigenvalue weighted by Gasteiger charge is 2.24. The minimum absolute atomic E-state index is 0.104. The molecule has 0 atom stereocenters. The van der Waals surface area contributed by atoms with E-state index >= 15 is 0 Å². The Hall–Kier alpha value is -4.02. The normalized spacial score (nSPS) is 12.3. The van der Waals surface area contributed by atoms with E-state index in [9.17, 15) is 0 Å². The van der Waals surface area contributed by atoms with Gasteiger partial charge in [-0.15, -0.1) is 11.3 Å². The molecule has 0 saturated carbocycles. The molecular formula is C32H25N3S. The fraction of sp³-hybridized carbons (Fsp3) is 0.125. The van der Waals surface area contributed by atoms with Crippen LogP contribution in [0.25, 0.3) is 59.2 Å². The van der Waals surface area contributed by atoms with Gasteiger partial charge in [0, 0.05) is 42.9 Å². The summed E-state index contributed by atoms with van der Waals surface area (Å²) in [4.78, 5) is 11.4. The van der Waals surface area contributed by atoms with Crippen LogP contribution in [0.5, 0.6) is 0 Å². The van der Waals surface area contributed by atoms with Gasteiger partial charge in [0.25, 0.3) is 0 Å². The van der Waals surface area contributed by atoms with Crippen LogP contribution in [0.1, 0.15) is 26.5 Å². The van der Waals surface area contributed by atoms with Gasteiger partial charge in [-0.1, -0.05) is 75.4 Å². The van der Waals surface area contributed by atoms with Crippen molar-refractivity contribution in [2.24, 2.45) is 0 Å². The molecule has 0 aliphatic carbocycles. The summed E-state index contributed by atoms with van der Waals surface area (Å²) in [5.74, 6) is 0.789. The van der Waals surface area contributed by atoms with Crippen molar-refractivity contribution < 1.29 is 0 Å². The number of aromatic nitrogens is 3. The van der Waals surface area contributed by atoms with Crippen molar-refractivity contribution in [2.75, 3.05) is 0 Å². The molecule has 0 spiro atoms. The number of hydrogen-bond acceptors (Lipinski definition) is 3. The summed E-state index contributed by atoms with van der Waals surface area (Å²) in [5.41, 5.74) is 5.59. The largest absolute Gasteiger partial charge is 0.309 e. The predicted octanol–water partition coefficient (Wildman–Crippen LogP) is 8.91. The molecule has 3 heterocycles. The first-order valence-corrected chi connectivity index (χ1v) is 13.1. The molecule has 36 heavy (non-hydrogen) atoms. The molecule has 0 fully saturated rings. The Kier molecular flexibility index (Phi) is 4.57. The molecule has 0 N–H and O–H groups in total. The van der Waals surface area contributed by atoms with E-state index in [4.69, 9.17) is 9.97 Å². The van der Waals surface area contributed by atoms with Crippen LogP contribution in [-0.4, -0.2) is 14.5 Å². The van der Waals surface area contributed by atoms with Gasteiger partial charge in [-0.25, -0.2) is 9.97 Å². The molecule has 7 aromatic rings. The third-order valence-corrected chi connectivity index (χ3v) is 7.96. The highest BCUT2D eigenvalue weighted by molar-refractivity contribution is 7.25. The van der Waals surface area contributed by atoms with Crippen LogP contribution in [0, 0.1) is 0 Å². The topological polar surface area (TPSA) is 30.7 Å². The first-order chi connectivity index (χ1) is 17.5. The predicted molar refractivity (Wildman–Crippen MR) is 153 cm³/mol. The van der Waals surface area contributed by atoms with E-state index in [1.807, 2.05) is 0 Å². The minimum Gasteiger partial charge on any atom is -0.309 e. The van der Waals surface area contributed by atoms with Crippen LogP contribution in [0.2, 0.25) is 0 Å². The van der Waals surface area contributed by atoms with E-state index < -0.39 is 0 Å². The lowest BCUT2D eigenvalue weighted by Crippen LogP contribution is -2.15. The van der Waals surface area contributed by atoms with Gasteiger partial charge >= 0.3 is 0 Å². The summed E-state index contributed by atoms with van der Waals surface area (Å²) in [6, 6.07) is 34.4. The lowest BCUT2D eigenvalue weighted by atomic mass is 9.89. The van der Waals surface area contributed by atoms with Gasteiger partial charge in [0.15, 0.2) is 5.82 Å². The molecule has 0 unspecified atom stereocenters. The monoisotopic (exact) mass is 483 g/mol. The van der Waals surface area contributed by atoms with Crippen molar-refractivity contribution in [3.8, 4) is 17.1 Å². The fourth-order valence-corrected chi connectivity index (χ4v) is 6.34. The summed E-state index contributed by atoms with van der Waals surface area (Å²) in [6.45, 7) is 6.71. The SMILES string of the molecule is CC(C)(C)c1nc(-c2ccc3c(c2)c2ccccc2n3-c2ccccc2)nc2sc3ccccc3c12. The van der Waals surface area contributed by atoms with Crippen LogP contribution < -0.4 is 0 Å². The quantitative estimate of drug-likeness (QED) is 0.246. The van der Waals surface area contributed by atoms with E-state index in [0.717, 1.165) is 27.6 Å². The van der Waals surface area contributed by atoms with Gasteiger partial charge in [0.1, 0.15) is 4.83 Å². The van der Waals surface area contributed by atoms with E-state index in [0.29, 0.717) is 0 Å². The third-order valence-electron chi connectivity index (χ3n) is 6.89. The molecule has 0 amide bonds. The smallest absolute Gasteiger partial charge is 0.161 e. The Labute approximate surface area is 213 Å². The number of hydrogen-bond donors (Lipinski definition) is 0. The molecule has 0 radical (unpaired) electrons. The highest BCUT2D eigenvalue weighted by atomic mass is 32.1. The zero-order valence-corrected chi connectivity index (χ0v) is 21.3. The zero-order chi connectivity index (χ0) is 24.4. The summed E-state index contributed by atoms with van der Waals surface area (Å²) in [6.07, 6.45) is 0. The van der Waals surface area contributed by atoms with Gasteiger partial charge in [-0.2, -0.15) is 0 Å². The minimum atomic E-state index is -0.104. The number of nitrogens with zero attached hydrogens (tertiary/aromatic N) is 3. The van der Waals surface area contributed by atoms with Gasteiger partial charge in [-0.3, -0.25) is 0 Å². The lowest BCUT2D eigenvalue weighted by Gasteiger charge is -2.20. The van der Waals surface area contributed by atoms with Crippen molar-refractivity contribution in [1.82, 2.24) is 14.5 Å². The lowest BCUT2D eigenvalue weighted by molar-refractivity contribution is 0.575. The van der Waals surface area contributed by atoms with Gasteiger partial charge in [0.05, 0.1) is 16.7 Å². The number of thiophene rings is 1. The zero-order valence-electron chi connectivity index (χ0n) is 20.5. The second kappa shape index (κ2) is 7.74. The molecule has 4 aromatic carbocycles. The maximum Gasteiger partial charge on any atom is 0.161 e. The molecule has 4 heteroatoms. The van der Waals surface area contributed by atoms with E-state index in [-0.39, 0.29) is 5.41 Å². The Morgan fingerprint density at radius 1 is 0.667 bits per heavy atom. The number of benzene rings is 4. The molecule has 7 rings (SSSR count). The van der Waals surface area contributed by atoms with Crippen LogP contribution in [0.15, 0.2) is 97.1 Å². The van der Waals surface area contributed by atoms with Crippen molar-refractivity contribution in [3.05, 3.63) is 103 Å². The summed E-state index contributed by atoms with van der Waals surface area (Å²) >= 11 is 1.75. The molecular weight excluding hydrogens is 458 g/mol. The fourth-order valence-electron chi connectivity index (χ4n) is 5.26. The molecule has 0 saturated heterocycles. The standard InChI is InChI=1S/C32H25N3S/c1-32(2,3)29-28-23-14-8-10-16-27(23)36-31(28)34-30(33-29)20-17-18-26-24(19-20)22-13-7-9-15-25(22)35(26)21-11-5-4-6-12-21/h4-19H,1-3H3. The third kappa shape index (κ3) is 3.18. The highest BCUT2D eigenvalue weighted by Crippen LogP contribution is 2.40. The second-order valence-electron chi connectivity index (χ2n) is 10.3. The van der Waals surface area contributed by atoms with Crippen molar-refractivity contribution in [3.63, 3.8) is 0 Å². The average molecular weight is 484 g/mol. The van der Waals surface area contributed by atoms with Crippen LogP contribution in [0.4, 0.5) is 0 Å². The maximum absolute atomic E-state index is 5.21. The number of fused-ring (bicyclic) bond motifs is 6. The van der Waals surface area contributed by atoms with E-state index in [2.05, 4.69) is 122 Å². The first-order valence-electron chi connectivity index (χ1n) is 12.3. The Morgan fingerprint density at radius 3 is 2.17 bits per heavy atom. The van der Waals surface area contributed by atoms with Gasteiger partial charge < -0.3 is 4.57 Å². The summed E-state index contributed by atoms with van der Waals surface area (Å²) in [5, 5.41) is 4.88. The summed E-state index contributed by atoms with van der Waals surface area (Å²) < 4.78 is 3.59. The Balaban J connectivity index is 1.51. The van der Waals surface area contributed by atoms with Crippen LogP contribution >= 0.6 is 11.3 Å². The molecule has 3 nitrogen and oxygen atoms in total. The van der Waals surface area contributed by atoms with Crippen molar-refractivity contribution in [1.29, 1.82) is 0 Å². The molecule has 3 aromatic heterocycles. The number of rotatable bonds is 2. The van der Waals surface area contributed by atoms with E-state index in [1.54, 1.807) is 11.3 Å². The number of para-hydroxylation sites is 2. The molecule has 0 aliphatic heterocycles. The van der Waals surface area contributed by atoms with Crippen LogP contribution in [0.3, 0.4) is 0 Å². The van der Waals surface area contributed by atoms with Crippen LogP contribution in [-0.2, 0) is 5.41 Å². The average Bonchev–Trinajstić information content (AvgIpc) is 3.43. The van der Waals surface area contributed by atoms with Crippen molar-refractivity contribution >= 4 is 53.4 Å².